The molecule has 0 aliphatic heterocycles. The Bertz CT molecular complexity index is 725. The number of pyridine rings is 1. The zero-order chi connectivity index (χ0) is 14.9. The summed E-state index contributed by atoms with van der Waals surface area (Å²) in [5.74, 6) is -1.36. The highest BCUT2D eigenvalue weighted by molar-refractivity contribution is 6.31. The van der Waals surface area contributed by atoms with Gasteiger partial charge in [0.05, 0.1) is 24.8 Å². The van der Waals surface area contributed by atoms with E-state index in [0.29, 0.717) is 10.5 Å². The summed E-state index contributed by atoms with van der Waals surface area (Å²) in [6.45, 7) is -0.501. The molecule has 3 N–H and O–H groups in total. The Balaban J connectivity index is 2.76. The molecule has 0 amide bonds. The monoisotopic (exact) mass is 297 g/mol. The number of aromatic carboxylic acids is 1. The van der Waals surface area contributed by atoms with Crippen molar-refractivity contribution in [3.8, 4) is 0 Å². The predicted molar refractivity (Wildman–Crippen MR) is 73.3 cm³/mol. The molecular weight excluding hydrogens is 286 g/mol. The van der Waals surface area contributed by atoms with Crippen LogP contribution in [0.15, 0.2) is 29.2 Å². The number of carboxylic acids is 1. The number of aliphatic hydroxyl groups is 2. The van der Waals surface area contributed by atoms with Crippen molar-refractivity contribution in [2.24, 2.45) is 0 Å². The van der Waals surface area contributed by atoms with E-state index >= 15 is 0 Å². The van der Waals surface area contributed by atoms with Crippen molar-refractivity contribution in [2.45, 2.75) is 12.6 Å². The summed E-state index contributed by atoms with van der Waals surface area (Å²) in [7, 11) is 0. The molecule has 7 heteroatoms. The lowest BCUT2D eigenvalue weighted by molar-refractivity contribution is 0.0691. The average Bonchev–Trinajstić information content (AvgIpc) is 2.41. The minimum absolute atomic E-state index is 0.0325. The summed E-state index contributed by atoms with van der Waals surface area (Å²) in [6.07, 6.45) is 0.0952. The molecule has 0 spiro atoms. The van der Waals surface area contributed by atoms with E-state index in [-0.39, 0.29) is 11.9 Å². The molecule has 0 aliphatic carbocycles. The molecule has 1 atom stereocenters. The van der Waals surface area contributed by atoms with Crippen LogP contribution in [0.2, 0.25) is 5.02 Å². The summed E-state index contributed by atoms with van der Waals surface area (Å²) in [5.41, 5.74) is -0.605. The van der Waals surface area contributed by atoms with Crippen LogP contribution >= 0.6 is 11.6 Å². The molecule has 1 unspecified atom stereocenters. The van der Waals surface area contributed by atoms with Gasteiger partial charge in [0.2, 0.25) is 5.43 Å². The number of fused-ring (bicyclic) bond motifs is 1. The van der Waals surface area contributed by atoms with Gasteiger partial charge in [-0.3, -0.25) is 4.79 Å². The van der Waals surface area contributed by atoms with Crippen molar-refractivity contribution in [1.82, 2.24) is 4.57 Å². The topological polar surface area (TPSA) is 99.8 Å². The van der Waals surface area contributed by atoms with Crippen LogP contribution in [0.5, 0.6) is 0 Å². The molecule has 0 aliphatic rings. The minimum Gasteiger partial charge on any atom is -0.477 e. The maximum absolute atomic E-state index is 12.1. The zero-order valence-corrected chi connectivity index (χ0v) is 11.0. The number of rotatable bonds is 4. The van der Waals surface area contributed by atoms with E-state index in [1.165, 1.54) is 10.6 Å². The van der Waals surface area contributed by atoms with Crippen LogP contribution in [0.1, 0.15) is 10.4 Å². The van der Waals surface area contributed by atoms with E-state index in [9.17, 15) is 14.7 Å². The zero-order valence-electron chi connectivity index (χ0n) is 10.3. The van der Waals surface area contributed by atoms with Gasteiger partial charge in [0.25, 0.3) is 0 Å². The van der Waals surface area contributed by atoms with Gasteiger partial charge in [-0.05, 0) is 18.2 Å². The molecule has 6 nitrogen and oxygen atoms in total. The Hall–Kier alpha value is -1.89. The Labute approximate surface area is 118 Å². The van der Waals surface area contributed by atoms with E-state index in [1.807, 2.05) is 0 Å². The van der Waals surface area contributed by atoms with Gasteiger partial charge >= 0.3 is 5.97 Å². The fraction of sp³-hybridized carbons (Fsp3) is 0.231. The first kappa shape index (κ1) is 14.5. The lowest BCUT2D eigenvalue weighted by atomic mass is 10.1. The molecule has 0 bridgehead atoms. The van der Waals surface area contributed by atoms with E-state index in [2.05, 4.69) is 0 Å². The second-order valence-electron chi connectivity index (χ2n) is 4.33. The number of halogens is 1. The summed E-state index contributed by atoms with van der Waals surface area (Å²) in [4.78, 5) is 23.2. The van der Waals surface area contributed by atoms with Crippen molar-refractivity contribution >= 4 is 28.5 Å². The van der Waals surface area contributed by atoms with Crippen molar-refractivity contribution in [1.29, 1.82) is 0 Å². The van der Waals surface area contributed by atoms with Gasteiger partial charge in [0.1, 0.15) is 5.56 Å². The Kier molecular flexibility index (Phi) is 4.08. The van der Waals surface area contributed by atoms with Crippen LogP contribution in [0.4, 0.5) is 0 Å². The van der Waals surface area contributed by atoms with Gasteiger partial charge in [-0.1, -0.05) is 11.6 Å². The van der Waals surface area contributed by atoms with Crippen molar-refractivity contribution in [2.75, 3.05) is 6.61 Å². The fourth-order valence-electron chi connectivity index (χ4n) is 1.96. The largest absolute Gasteiger partial charge is 0.477 e. The molecule has 2 aromatic rings. The van der Waals surface area contributed by atoms with Crippen LogP contribution in [-0.2, 0) is 6.54 Å². The number of benzene rings is 1. The van der Waals surface area contributed by atoms with Crippen molar-refractivity contribution in [3.63, 3.8) is 0 Å². The lowest BCUT2D eigenvalue weighted by Crippen LogP contribution is -2.24. The number of aliphatic hydroxyl groups excluding tert-OH is 2. The van der Waals surface area contributed by atoms with E-state index < -0.39 is 29.7 Å². The normalized spacial score (nSPS) is 12.6. The third-order valence-corrected chi connectivity index (χ3v) is 3.13. The molecule has 1 aromatic heterocycles. The van der Waals surface area contributed by atoms with Gasteiger partial charge < -0.3 is 19.9 Å². The number of aromatic nitrogens is 1. The molecule has 1 aromatic carbocycles. The Morgan fingerprint density at radius 1 is 1.40 bits per heavy atom. The molecular formula is C13H12ClNO5. The lowest BCUT2D eigenvalue weighted by Gasteiger charge is -2.15. The second-order valence-corrected chi connectivity index (χ2v) is 4.76. The predicted octanol–water partition coefficient (Wildman–Crippen LogP) is 0.706. The number of hydrogen-bond donors (Lipinski definition) is 3. The molecule has 0 fully saturated rings. The molecule has 0 radical (unpaired) electrons. The number of carboxylic acid groups (broad SMARTS) is 1. The number of hydrogen-bond acceptors (Lipinski definition) is 4. The molecule has 2 rings (SSSR count). The van der Waals surface area contributed by atoms with Gasteiger partial charge in [-0.25, -0.2) is 4.79 Å². The van der Waals surface area contributed by atoms with Gasteiger partial charge in [-0.2, -0.15) is 0 Å². The van der Waals surface area contributed by atoms with E-state index in [1.54, 1.807) is 12.1 Å². The van der Waals surface area contributed by atoms with Gasteiger partial charge in [0.15, 0.2) is 0 Å². The standard InChI is InChI=1S/C13H12ClNO5/c14-7-1-2-11-9(3-7)12(18)10(13(19)20)5-15(11)4-8(17)6-16/h1-3,5,8,16-17H,4,6H2,(H,19,20). The highest BCUT2D eigenvalue weighted by atomic mass is 35.5. The van der Waals surface area contributed by atoms with Crippen LogP contribution < -0.4 is 5.43 Å². The highest BCUT2D eigenvalue weighted by Gasteiger charge is 2.16. The van der Waals surface area contributed by atoms with E-state index in [0.717, 1.165) is 6.20 Å². The van der Waals surface area contributed by atoms with Crippen LogP contribution in [0.3, 0.4) is 0 Å². The van der Waals surface area contributed by atoms with E-state index in [4.69, 9.17) is 21.8 Å². The molecule has 20 heavy (non-hydrogen) atoms. The quantitative estimate of drug-likeness (QED) is 0.771. The molecule has 1 heterocycles. The highest BCUT2D eigenvalue weighted by Crippen LogP contribution is 2.18. The number of carbonyl (C=O) groups is 1. The summed E-state index contributed by atoms with van der Waals surface area (Å²) in [5, 5.41) is 27.9. The first-order valence-electron chi connectivity index (χ1n) is 5.79. The molecule has 0 saturated carbocycles. The maximum Gasteiger partial charge on any atom is 0.341 e. The van der Waals surface area contributed by atoms with Gasteiger partial charge in [0, 0.05) is 16.6 Å². The van der Waals surface area contributed by atoms with Crippen LogP contribution in [0.25, 0.3) is 10.9 Å². The van der Waals surface area contributed by atoms with Crippen LogP contribution in [0, 0.1) is 0 Å². The minimum atomic E-state index is -1.36. The third-order valence-electron chi connectivity index (χ3n) is 2.89. The first-order valence-corrected chi connectivity index (χ1v) is 6.16. The summed E-state index contributed by atoms with van der Waals surface area (Å²) < 4.78 is 1.41. The van der Waals surface area contributed by atoms with Crippen molar-refractivity contribution in [3.05, 3.63) is 45.2 Å². The Morgan fingerprint density at radius 2 is 2.10 bits per heavy atom. The maximum atomic E-state index is 12.1. The third kappa shape index (κ3) is 2.67. The van der Waals surface area contributed by atoms with Crippen molar-refractivity contribution < 1.29 is 20.1 Å². The fourth-order valence-corrected chi connectivity index (χ4v) is 2.13. The summed E-state index contributed by atoms with van der Waals surface area (Å²) in [6, 6.07) is 4.51. The number of nitrogens with zero attached hydrogens (tertiary/aromatic N) is 1. The molecule has 106 valence electrons. The molecule has 0 saturated heterocycles. The second kappa shape index (κ2) is 5.62. The SMILES string of the molecule is O=C(O)c1cn(CC(O)CO)c2ccc(Cl)cc2c1=O. The van der Waals surface area contributed by atoms with Gasteiger partial charge in [-0.15, -0.1) is 0 Å². The summed E-state index contributed by atoms with van der Waals surface area (Å²) >= 11 is 5.82. The van der Waals surface area contributed by atoms with Crippen LogP contribution in [-0.4, -0.2) is 38.6 Å². The first-order chi connectivity index (χ1) is 9.43. The Morgan fingerprint density at radius 3 is 2.70 bits per heavy atom. The smallest absolute Gasteiger partial charge is 0.341 e. The average molecular weight is 298 g/mol.